The average molecular weight is 217 g/mol. The minimum Gasteiger partial charge on any atom is -0.492 e. The molecule has 83 valence electrons. The molecule has 0 aliphatic carbocycles. The second-order valence-electron chi connectivity index (χ2n) is 3.90. The van der Waals surface area contributed by atoms with Crippen molar-refractivity contribution in [3.8, 4) is 0 Å². The van der Waals surface area contributed by atoms with E-state index in [9.17, 15) is 4.79 Å². The maximum atomic E-state index is 10.8. The molecule has 3 nitrogen and oxygen atoms in total. The van der Waals surface area contributed by atoms with Gasteiger partial charge in [-0.1, -0.05) is 20.8 Å². The highest BCUT2D eigenvalue weighted by molar-refractivity contribution is 6.46. The summed E-state index contributed by atoms with van der Waals surface area (Å²) in [6, 6.07) is 0.856. The van der Waals surface area contributed by atoms with E-state index < -0.39 is 9.28 Å². The van der Waals surface area contributed by atoms with Gasteiger partial charge in [0.05, 0.1) is 0 Å². The van der Waals surface area contributed by atoms with Gasteiger partial charge in [-0.05, 0) is 19.3 Å². The molecule has 0 aromatic carbocycles. The first kappa shape index (κ1) is 13.6. The molecule has 0 aliphatic heterocycles. The van der Waals surface area contributed by atoms with Crippen LogP contribution in [-0.4, -0.2) is 21.4 Å². The molecule has 0 N–H and O–H groups in total. The zero-order valence-corrected chi connectivity index (χ0v) is 10.8. The van der Waals surface area contributed by atoms with Gasteiger partial charge in [0.1, 0.15) is 0 Å². The first-order valence-electron chi connectivity index (χ1n) is 5.16. The molecule has 0 rings (SSSR count). The first-order valence-corrected chi connectivity index (χ1v) is 6.69. The fourth-order valence-electron chi connectivity index (χ4n) is 0.915. The molecule has 14 heavy (non-hydrogen) atoms. The largest absolute Gasteiger partial charge is 0.492 e. The van der Waals surface area contributed by atoms with Gasteiger partial charge in [0, 0.05) is 19.1 Å². The van der Waals surface area contributed by atoms with Gasteiger partial charge in [-0.25, -0.2) is 0 Å². The Hall–Kier alpha value is -0.353. The number of rotatable bonds is 6. The highest BCUT2D eigenvalue weighted by Gasteiger charge is 2.23. The molecule has 0 saturated carbocycles. The highest BCUT2D eigenvalue weighted by atomic mass is 28.3. The van der Waals surface area contributed by atoms with Crippen LogP contribution >= 0.6 is 0 Å². The minimum atomic E-state index is -1.40. The molecule has 0 bridgehead atoms. The van der Waals surface area contributed by atoms with Crippen LogP contribution in [0, 0.1) is 5.92 Å². The number of carbonyl (C=O) groups excluding carboxylic acids is 1. The van der Waals surface area contributed by atoms with Crippen molar-refractivity contribution in [3.05, 3.63) is 0 Å². The summed E-state index contributed by atoms with van der Waals surface area (Å²) < 4.78 is 10.9. The van der Waals surface area contributed by atoms with Crippen molar-refractivity contribution in [2.24, 2.45) is 5.92 Å². The Morgan fingerprint density at radius 2 is 1.93 bits per heavy atom. The van der Waals surface area contributed by atoms with Crippen molar-refractivity contribution in [2.45, 2.75) is 53.2 Å². The van der Waals surface area contributed by atoms with E-state index >= 15 is 0 Å². The lowest BCUT2D eigenvalue weighted by atomic mass is 10.3. The zero-order valence-electron chi connectivity index (χ0n) is 9.79. The molecule has 4 heteroatoms. The second kappa shape index (κ2) is 7.01. The van der Waals surface area contributed by atoms with Gasteiger partial charge in [-0.2, -0.15) is 0 Å². The van der Waals surface area contributed by atoms with E-state index in [2.05, 4.69) is 20.8 Å². The van der Waals surface area contributed by atoms with Gasteiger partial charge in [0.2, 0.25) is 0 Å². The van der Waals surface area contributed by atoms with Crippen LogP contribution in [-0.2, 0) is 13.6 Å². The number of carbonyl (C=O) groups is 1. The van der Waals surface area contributed by atoms with Crippen molar-refractivity contribution < 1.29 is 13.6 Å². The van der Waals surface area contributed by atoms with Gasteiger partial charge in [0.15, 0.2) is 0 Å². The average Bonchev–Trinajstić information content (AvgIpc) is 2.01. The standard InChI is InChI=1S/C10H21O3Si/c1-6-9(4)12-14(7-8(2)3)13-10(5)11/h8-9H,6-7H2,1-5H3. The van der Waals surface area contributed by atoms with Crippen molar-refractivity contribution in [1.82, 2.24) is 0 Å². The maximum absolute atomic E-state index is 10.8. The van der Waals surface area contributed by atoms with Crippen molar-refractivity contribution in [3.63, 3.8) is 0 Å². The molecule has 0 fully saturated rings. The third kappa shape index (κ3) is 7.09. The van der Waals surface area contributed by atoms with Crippen LogP contribution in [0.1, 0.15) is 41.0 Å². The van der Waals surface area contributed by atoms with Crippen LogP contribution in [0.15, 0.2) is 0 Å². The van der Waals surface area contributed by atoms with E-state index in [1.165, 1.54) is 6.92 Å². The molecular formula is C10H21O3Si. The van der Waals surface area contributed by atoms with Crippen LogP contribution in [0.5, 0.6) is 0 Å². The summed E-state index contributed by atoms with van der Waals surface area (Å²) in [5.41, 5.74) is 0. The molecule has 0 amide bonds. The lowest BCUT2D eigenvalue weighted by Gasteiger charge is -2.19. The van der Waals surface area contributed by atoms with Gasteiger partial charge in [0.25, 0.3) is 5.97 Å². The summed E-state index contributed by atoms with van der Waals surface area (Å²) in [6.45, 7) is 9.72. The van der Waals surface area contributed by atoms with Crippen molar-refractivity contribution in [1.29, 1.82) is 0 Å². The second-order valence-corrected chi connectivity index (χ2v) is 5.49. The number of hydrogen-bond acceptors (Lipinski definition) is 3. The van der Waals surface area contributed by atoms with E-state index in [-0.39, 0.29) is 12.1 Å². The Kier molecular flexibility index (Phi) is 6.83. The SMILES string of the molecule is CCC(C)O[Si](CC(C)C)OC(C)=O. The Bertz CT molecular complexity index is 171. The summed E-state index contributed by atoms with van der Waals surface area (Å²) in [7, 11) is -1.40. The molecule has 1 radical (unpaired) electrons. The normalized spacial score (nSPS) is 13.4. The van der Waals surface area contributed by atoms with Crippen LogP contribution in [0.25, 0.3) is 0 Å². The van der Waals surface area contributed by atoms with E-state index in [1.54, 1.807) is 0 Å². The van der Waals surface area contributed by atoms with Crippen LogP contribution in [0.4, 0.5) is 0 Å². The Balaban J connectivity index is 4.03. The zero-order chi connectivity index (χ0) is 11.1. The van der Waals surface area contributed by atoms with Gasteiger partial charge >= 0.3 is 9.28 Å². The lowest BCUT2D eigenvalue weighted by molar-refractivity contribution is -0.133. The lowest BCUT2D eigenvalue weighted by Crippen LogP contribution is -2.30. The molecule has 0 heterocycles. The van der Waals surface area contributed by atoms with E-state index in [0.717, 1.165) is 12.5 Å². The summed E-state index contributed by atoms with van der Waals surface area (Å²) in [5.74, 6) is 0.273. The maximum Gasteiger partial charge on any atom is 0.460 e. The molecular weight excluding hydrogens is 196 g/mol. The molecule has 0 spiro atoms. The molecule has 1 unspecified atom stereocenters. The van der Waals surface area contributed by atoms with Crippen molar-refractivity contribution in [2.75, 3.05) is 0 Å². The Morgan fingerprint density at radius 1 is 1.36 bits per heavy atom. The molecule has 0 saturated heterocycles. The van der Waals surface area contributed by atoms with Gasteiger partial charge in [-0.15, -0.1) is 0 Å². The predicted molar refractivity (Wildman–Crippen MR) is 58.0 cm³/mol. The van der Waals surface area contributed by atoms with Gasteiger partial charge in [-0.3, -0.25) is 4.79 Å². The third-order valence-corrected chi connectivity index (χ3v) is 4.07. The molecule has 1 atom stereocenters. The topological polar surface area (TPSA) is 35.5 Å². The Labute approximate surface area is 88.6 Å². The van der Waals surface area contributed by atoms with Gasteiger partial charge < -0.3 is 8.85 Å². The summed E-state index contributed by atoms with van der Waals surface area (Å²) >= 11 is 0. The molecule has 0 aromatic heterocycles. The van der Waals surface area contributed by atoms with Crippen LogP contribution < -0.4 is 0 Å². The monoisotopic (exact) mass is 217 g/mol. The quantitative estimate of drug-likeness (QED) is 0.641. The summed E-state index contributed by atoms with van der Waals surface area (Å²) in [6.07, 6.45) is 1.13. The highest BCUT2D eigenvalue weighted by Crippen LogP contribution is 2.11. The fraction of sp³-hybridized carbons (Fsp3) is 0.900. The van der Waals surface area contributed by atoms with E-state index in [4.69, 9.17) is 8.85 Å². The Morgan fingerprint density at radius 3 is 2.29 bits per heavy atom. The van der Waals surface area contributed by atoms with E-state index in [1.807, 2.05) is 6.92 Å². The van der Waals surface area contributed by atoms with Crippen molar-refractivity contribution >= 4 is 15.3 Å². The number of hydrogen-bond donors (Lipinski definition) is 0. The summed E-state index contributed by atoms with van der Waals surface area (Å²) in [5, 5.41) is 0. The fourth-order valence-corrected chi connectivity index (χ4v) is 2.75. The van der Waals surface area contributed by atoms with Crippen LogP contribution in [0.2, 0.25) is 6.04 Å². The smallest absolute Gasteiger partial charge is 0.460 e. The third-order valence-electron chi connectivity index (χ3n) is 1.74. The minimum absolute atomic E-state index is 0.182. The molecule has 0 aromatic rings. The first-order chi connectivity index (χ1) is 6.45. The van der Waals surface area contributed by atoms with E-state index in [0.29, 0.717) is 5.92 Å². The summed E-state index contributed by atoms with van der Waals surface area (Å²) in [4.78, 5) is 10.8. The predicted octanol–water partition coefficient (Wildman–Crippen LogP) is 2.51. The molecule has 0 aliphatic rings. The van der Waals surface area contributed by atoms with Crippen LogP contribution in [0.3, 0.4) is 0 Å².